The molecular formula is C11H23NO2. The summed E-state index contributed by atoms with van der Waals surface area (Å²) >= 11 is 0. The molecule has 0 radical (unpaired) electrons. The first-order chi connectivity index (χ1) is 6.88. The van der Waals surface area contributed by atoms with Crippen molar-refractivity contribution in [3.05, 3.63) is 0 Å². The van der Waals surface area contributed by atoms with Crippen LogP contribution < -0.4 is 5.32 Å². The molecule has 0 aromatic heterocycles. The highest BCUT2D eigenvalue weighted by atomic mass is 16.5. The molecule has 0 aliphatic carbocycles. The topological polar surface area (TPSA) is 30.5 Å². The Labute approximate surface area is 87.2 Å². The lowest BCUT2D eigenvalue weighted by Crippen LogP contribution is -2.42. The first-order valence-electron chi connectivity index (χ1n) is 5.68. The zero-order chi connectivity index (χ0) is 10.2. The molecule has 0 aromatic rings. The van der Waals surface area contributed by atoms with E-state index in [0.29, 0.717) is 6.04 Å². The number of hydrogen-bond donors (Lipinski definition) is 1. The van der Waals surface area contributed by atoms with Crippen LogP contribution in [0.2, 0.25) is 0 Å². The van der Waals surface area contributed by atoms with Crippen molar-refractivity contribution in [3.8, 4) is 0 Å². The van der Waals surface area contributed by atoms with Gasteiger partial charge in [0.25, 0.3) is 0 Å². The molecular weight excluding hydrogens is 178 g/mol. The molecule has 1 unspecified atom stereocenters. The zero-order valence-corrected chi connectivity index (χ0v) is 9.42. The SMILES string of the molecule is CCCNC(COC)C1CCOCC1. The highest BCUT2D eigenvalue weighted by Gasteiger charge is 2.23. The Morgan fingerprint density at radius 1 is 1.43 bits per heavy atom. The van der Waals surface area contributed by atoms with Gasteiger partial charge in [0.15, 0.2) is 0 Å². The molecule has 1 fully saturated rings. The van der Waals surface area contributed by atoms with Gasteiger partial charge in [-0.2, -0.15) is 0 Å². The molecule has 14 heavy (non-hydrogen) atoms. The third-order valence-electron chi connectivity index (χ3n) is 2.84. The van der Waals surface area contributed by atoms with Gasteiger partial charge in [-0.15, -0.1) is 0 Å². The predicted octanol–water partition coefficient (Wildman–Crippen LogP) is 1.43. The molecule has 1 rings (SSSR count). The fourth-order valence-corrected chi connectivity index (χ4v) is 1.99. The van der Waals surface area contributed by atoms with Gasteiger partial charge in [0.2, 0.25) is 0 Å². The van der Waals surface area contributed by atoms with Crippen molar-refractivity contribution in [2.24, 2.45) is 5.92 Å². The summed E-state index contributed by atoms with van der Waals surface area (Å²) in [7, 11) is 1.78. The Balaban J connectivity index is 2.30. The maximum Gasteiger partial charge on any atom is 0.0618 e. The van der Waals surface area contributed by atoms with Crippen LogP contribution in [0.4, 0.5) is 0 Å². The van der Waals surface area contributed by atoms with Crippen molar-refractivity contribution in [2.75, 3.05) is 33.5 Å². The summed E-state index contributed by atoms with van der Waals surface area (Å²) in [5, 5.41) is 3.56. The molecule has 84 valence electrons. The van der Waals surface area contributed by atoms with E-state index in [0.717, 1.165) is 32.3 Å². The zero-order valence-electron chi connectivity index (χ0n) is 9.42. The molecule has 0 bridgehead atoms. The van der Waals surface area contributed by atoms with Crippen molar-refractivity contribution in [1.29, 1.82) is 0 Å². The van der Waals surface area contributed by atoms with E-state index in [2.05, 4.69) is 12.2 Å². The van der Waals surface area contributed by atoms with E-state index in [9.17, 15) is 0 Å². The second-order valence-electron chi connectivity index (χ2n) is 3.97. The van der Waals surface area contributed by atoms with Crippen LogP contribution in [-0.4, -0.2) is 39.5 Å². The van der Waals surface area contributed by atoms with Gasteiger partial charge in [-0.3, -0.25) is 0 Å². The van der Waals surface area contributed by atoms with E-state index in [1.165, 1.54) is 19.3 Å². The van der Waals surface area contributed by atoms with Crippen LogP contribution in [0.5, 0.6) is 0 Å². The van der Waals surface area contributed by atoms with Crippen molar-refractivity contribution in [3.63, 3.8) is 0 Å². The monoisotopic (exact) mass is 201 g/mol. The Morgan fingerprint density at radius 2 is 2.14 bits per heavy atom. The van der Waals surface area contributed by atoms with E-state index in [4.69, 9.17) is 9.47 Å². The average Bonchev–Trinajstić information content (AvgIpc) is 2.25. The quantitative estimate of drug-likeness (QED) is 0.705. The second-order valence-corrected chi connectivity index (χ2v) is 3.97. The van der Waals surface area contributed by atoms with Crippen molar-refractivity contribution >= 4 is 0 Å². The molecule has 1 saturated heterocycles. The summed E-state index contributed by atoms with van der Waals surface area (Å²) in [6.07, 6.45) is 3.53. The van der Waals surface area contributed by atoms with E-state index in [1.54, 1.807) is 7.11 Å². The molecule has 3 nitrogen and oxygen atoms in total. The third kappa shape index (κ3) is 3.95. The van der Waals surface area contributed by atoms with Crippen LogP contribution in [0.3, 0.4) is 0 Å². The van der Waals surface area contributed by atoms with E-state index in [1.807, 2.05) is 0 Å². The lowest BCUT2D eigenvalue weighted by atomic mass is 9.92. The maximum atomic E-state index is 5.36. The standard InChI is InChI=1S/C11H23NO2/c1-3-6-12-11(9-13-2)10-4-7-14-8-5-10/h10-12H,3-9H2,1-2H3. The summed E-state index contributed by atoms with van der Waals surface area (Å²) in [6.45, 7) is 5.94. The highest BCUT2D eigenvalue weighted by molar-refractivity contribution is 4.78. The minimum absolute atomic E-state index is 0.517. The summed E-state index contributed by atoms with van der Waals surface area (Å²) < 4.78 is 10.6. The molecule has 0 amide bonds. The Bertz CT molecular complexity index is 135. The van der Waals surface area contributed by atoms with Gasteiger partial charge in [-0.1, -0.05) is 6.92 Å². The van der Waals surface area contributed by atoms with E-state index >= 15 is 0 Å². The molecule has 0 saturated carbocycles. The highest BCUT2D eigenvalue weighted by Crippen LogP contribution is 2.18. The summed E-state index contributed by atoms with van der Waals surface area (Å²) in [5.41, 5.74) is 0. The van der Waals surface area contributed by atoms with Gasteiger partial charge in [-0.05, 0) is 31.7 Å². The van der Waals surface area contributed by atoms with Crippen molar-refractivity contribution in [1.82, 2.24) is 5.32 Å². The molecule has 1 aliphatic rings. The Morgan fingerprint density at radius 3 is 2.71 bits per heavy atom. The van der Waals surface area contributed by atoms with E-state index in [-0.39, 0.29) is 0 Å². The van der Waals surface area contributed by atoms with Crippen LogP contribution in [0, 0.1) is 5.92 Å². The fourth-order valence-electron chi connectivity index (χ4n) is 1.99. The minimum Gasteiger partial charge on any atom is -0.383 e. The van der Waals surface area contributed by atoms with Crippen LogP contribution in [-0.2, 0) is 9.47 Å². The number of hydrogen-bond acceptors (Lipinski definition) is 3. The summed E-state index contributed by atoms with van der Waals surface area (Å²) in [6, 6.07) is 0.517. The largest absolute Gasteiger partial charge is 0.383 e. The third-order valence-corrected chi connectivity index (χ3v) is 2.84. The van der Waals surface area contributed by atoms with Gasteiger partial charge in [0.1, 0.15) is 0 Å². The summed E-state index contributed by atoms with van der Waals surface area (Å²) in [5.74, 6) is 0.732. The molecule has 1 aliphatic heterocycles. The van der Waals surface area contributed by atoms with Gasteiger partial charge < -0.3 is 14.8 Å². The van der Waals surface area contributed by atoms with Crippen LogP contribution in [0.15, 0.2) is 0 Å². The van der Waals surface area contributed by atoms with Gasteiger partial charge in [0, 0.05) is 26.4 Å². The molecule has 1 N–H and O–H groups in total. The predicted molar refractivity (Wildman–Crippen MR) is 57.5 cm³/mol. The van der Waals surface area contributed by atoms with E-state index < -0.39 is 0 Å². The number of rotatable bonds is 6. The number of nitrogens with one attached hydrogen (secondary N) is 1. The maximum absolute atomic E-state index is 5.36. The van der Waals surface area contributed by atoms with Crippen LogP contribution in [0.25, 0.3) is 0 Å². The molecule has 3 heteroatoms. The number of ether oxygens (including phenoxy) is 2. The smallest absolute Gasteiger partial charge is 0.0618 e. The normalized spacial score (nSPS) is 21.0. The van der Waals surface area contributed by atoms with Gasteiger partial charge >= 0.3 is 0 Å². The summed E-state index contributed by atoms with van der Waals surface area (Å²) in [4.78, 5) is 0. The molecule has 1 heterocycles. The number of methoxy groups -OCH3 is 1. The lowest BCUT2D eigenvalue weighted by molar-refractivity contribution is 0.0377. The first kappa shape index (κ1) is 12.0. The second kappa shape index (κ2) is 7.21. The van der Waals surface area contributed by atoms with Gasteiger partial charge in [-0.25, -0.2) is 0 Å². The van der Waals surface area contributed by atoms with Crippen LogP contribution in [0.1, 0.15) is 26.2 Å². The molecule has 0 aromatic carbocycles. The molecule has 1 atom stereocenters. The Hall–Kier alpha value is -0.120. The van der Waals surface area contributed by atoms with Crippen LogP contribution >= 0.6 is 0 Å². The molecule has 0 spiro atoms. The van der Waals surface area contributed by atoms with Gasteiger partial charge in [0.05, 0.1) is 6.61 Å². The average molecular weight is 201 g/mol. The lowest BCUT2D eigenvalue weighted by Gasteiger charge is -2.30. The Kier molecular flexibility index (Phi) is 6.15. The minimum atomic E-state index is 0.517. The van der Waals surface area contributed by atoms with Crippen molar-refractivity contribution < 1.29 is 9.47 Å². The first-order valence-corrected chi connectivity index (χ1v) is 5.68. The fraction of sp³-hybridized carbons (Fsp3) is 1.00. The van der Waals surface area contributed by atoms with Crippen molar-refractivity contribution in [2.45, 2.75) is 32.2 Å².